The van der Waals surface area contributed by atoms with E-state index in [9.17, 15) is 4.79 Å². The highest BCUT2D eigenvalue weighted by Crippen LogP contribution is 2.39. The number of carbonyl (C=O) groups is 1. The Balaban J connectivity index is 2.28. The second-order valence-electron chi connectivity index (χ2n) is 6.11. The summed E-state index contributed by atoms with van der Waals surface area (Å²) in [4.78, 5) is 12.0. The molecule has 1 aliphatic rings. The molecule has 3 N–H and O–H groups in total. The first kappa shape index (κ1) is 13.9. The molecule has 1 aliphatic carbocycles. The van der Waals surface area contributed by atoms with Gasteiger partial charge in [0.1, 0.15) is 5.54 Å². The summed E-state index contributed by atoms with van der Waals surface area (Å²) in [5.41, 5.74) is 7.29. The first-order valence-corrected chi connectivity index (χ1v) is 7.09. The van der Waals surface area contributed by atoms with Crippen LogP contribution in [0.2, 0.25) is 0 Å². The van der Waals surface area contributed by atoms with Gasteiger partial charge in [-0.2, -0.15) is 0 Å². The van der Waals surface area contributed by atoms with Crippen LogP contribution < -0.4 is 11.1 Å². The van der Waals surface area contributed by atoms with Crippen molar-refractivity contribution in [2.24, 2.45) is 17.6 Å². The van der Waals surface area contributed by atoms with E-state index < -0.39 is 5.54 Å². The summed E-state index contributed by atoms with van der Waals surface area (Å²) in [6.45, 7) is 6.42. The van der Waals surface area contributed by atoms with Crippen molar-refractivity contribution in [3.8, 4) is 0 Å². The molecule has 104 valence electrons. The molecule has 1 aromatic carbocycles. The van der Waals surface area contributed by atoms with Crippen molar-refractivity contribution in [3.63, 3.8) is 0 Å². The van der Waals surface area contributed by atoms with E-state index in [1.165, 1.54) is 5.56 Å². The summed E-state index contributed by atoms with van der Waals surface area (Å²) in [7, 11) is 0. The maximum atomic E-state index is 12.0. The number of aryl methyl sites for hydroxylation is 1. The Bertz CT molecular complexity index is 472. The number of nitrogens with one attached hydrogen (secondary N) is 1. The molecule has 3 unspecified atom stereocenters. The predicted molar refractivity (Wildman–Crippen MR) is 78.9 cm³/mol. The average Bonchev–Trinajstić information content (AvgIpc) is 2.32. The van der Waals surface area contributed by atoms with Gasteiger partial charge in [0.15, 0.2) is 0 Å². The lowest BCUT2D eigenvalue weighted by Crippen LogP contribution is -2.57. The Morgan fingerprint density at radius 3 is 2.74 bits per heavy atom. The maximum Gasteiger partial charge on any atom is 0.243 e. The van der Waals surface area contributed by atoms with Gasteiger partial charge in [-0.25, -0.2) is 0 Å². The molecule has 1 amide bonds. The van der Waals surface area contributed by atoms with Gasteiger partial charge in [0.05, 0.1) is 0 Å². The van der Waals surface area contributed by atoms with Crippen LogP contribution in [0.15, 0.2) is 24.3 Å². The molecule has 3 atom stereocenters. The Labute approximate surface area is 115 Å². The van der Waals surface area contributed by atoms with Gasteiger partial charge in [0, 0.05) is 5.69 Å². The van der Waals surface area contributed by atoms with Crippen molar-refractivity contribution in [1.82, 2.24) is 0 Å². The molecule has 2 rings (SSSR count). The lowest BCUT2D eigenvalue weighted by molar-refractivity contribution is -0.125. The van der Waals surface area contributed by atoms with Crippen LogP contribution in [0.1, 0.15) is 38.7 Å². The third kappa shape index (κ3) is 2.75. The molecular weight excluding hydrogens is 236 g/mol. The zero-order valence-electron chi connectivity index (χ0n) is 12.1. The monoisotopic (exact) mass is 260 g/mol. The van der Waals surface area contributed by atoms with Crippen molar-refractivity contribution in [2.45, 2.75) is 45.6 Å². The minimum atomic E-state index is -0.597. The fourth-order valence-corrected chi connectivity index (χ4v) is 3.24. The van der Waals surface area contributed by atoms with E-state index >= 15 is 0 Å². The van der Waals surface area contributed by atoms with Crippen LogP contribution >= 0.6 is 0 Å². The molecule has 19 heavy (non-hydrogen) atoms. The lowest BCUT2D eigenvalue weighted by Gasteiger charge is -2.43. The average molecular weight is 260 g/mol. The summed E-state index contributed by atoms with van der Waals surface area (Å²) in [6.07, 6.45) is 2.91. The summed E-state index contributed by atoms with van der Waals surface area (Å²) in [5, 5.41) is 3.43. The number of benzene rings is 1. The van der Waals surface area contributed by atoms with Crippen LogP contribution in [0.5, 0.6) is 0 Å². The molecular formula is C16H24N2O. The molecule has 0 saturated heterocycles. The van der Waals surface area contributed by atoms with E-state index in [-0.39, 0.29) is 11.8 Å². The van der Waals surface area contributed by atoms with E-state index in [1.54, 1.807) is 0 Å². The minimum absolute atomic E-state index is 0.228. The Hall–Kier alpha value is -1.51. The van der Waals surface area contributed by atoms with Crippen LogP contribution in [-0.2, 0) is 4.79 Å². The quantitative estimate of drug-likeness (QED) is 0.877. The van der Waals surface area contributed by atoms with Crippen LogP contribution in [0.3, 0.4) is 0 Å². The third-order valence-electron chi connectivity index (χ3n) is 4.45. The van der Waals surface area contributed by atoms with Crippen molar-refractivity contribution >= 4 is 11.6 Å². The number of amides is 1. The second kappa shape index (κ2) is 5.24. The number of hydrogen-bond acceptors (Lipinski definition) is 2. The van der Waals surface area contributed by atoms with E-state index in [2.05, 4.69) is 38.2 Å². The molecule has 0 spiro atoms. The first-order chi connectivity index (χ1) is 8.94. The van der Waals surface area contributed by atoms with Crippen molar-refractivity contribution in [2.75, 3.05) is 5.32 Å². The van der Waals surface area contributed by atoms with Gasteiger partial charge in [-0.05, 0) is 55.7 Å². The van der Waals surface area contributed by atoms with Gasteiger partial charge in [0.25, 0.3) is 0 Å². The Morgan fingerprint density at radius 1 is 1.42 bits per heavy atom. The third-order valence-corrected chi connectivity index (χ3v) is 4.45. The molecule has 0 aromatic heterocycles. The highest BCUT2D eigenvalue weighted by Gasteiger charge is 2.45. The summed E-state index contributed by atoms with van der Waals surface area (Å²) in [5.74, 6) is 0.699. The second-order valence-corrected chi connectivity index (χ2v) is 6.11. The van der Waals surface area contributed by atoms with Crippen molar-refractivity contribution in [1.29, 1.82) is 0 Å². The van der Waals surface area contributed by atoms with Gasteiger partial charge in [-0.3, -0.25) is 4.79 Å². The van der Waals surface area contributed by atoms with Crippen LogP contribution in [0.4, 0.5) is 5.69 Å². The zero-order valence-corrected chi connectivity index (χ0v) is 12.1. The van der Waals surface area contributed by atoms with Gasteiger partial charge < -0.3 is 11.1 Å². The number of hydrogen-bond donors (Lipinski definition) is 2. The molecule has 1 aromatic rings. The zero-order chi connectivity index (χ0) is 14.0. The molecule has 0 bridgehead atoms. The number of rotatable bonds is 3. The molecule has 0 aliphatic heterocycles. The fraction of sp³-hybridized carbons (Fsp3) is 0.562. The molecule has 1 fully saturated rings. The standard InChI is InChI=1S/C16H24N2O/c1-11-5-4-6-14(10-11)18-16(15(17)19)8-7-12(2)9-13(16)3/h4-6,10,12-13,18H,7-9H2,1-3H3,(H2,17,19). The molecule has 0 radical (unpaired) electrons. The maximum absolute atomic E-state index is 12.0. The summed E-state index contributed by atoms with van der Waals surface area (Å²) >= 11 is 0. The van der Waals surface area contributed by atoms with Gasteiger partial charge >= 0.3 is 0 Å². The number of anilines is 1. The topological polar surface area (TPSA) is 55.1 Å². The van der Waals surface area contributed by atoms with Crippen molar-refractivity contribution < 1.29 is 4.79 Å². The summed E-state index contributed by atoms with van der Waals surface area (Å²) in [6, 6.07) is 8.12. The van der Waals surface area contributed by atoms with Crippen LogP contribution in [0, 0.1) is 18.8 Å². The Morgan fingerprint density at radius 2 is 2.16 bits per heavy atom. The molecule has 0 heterocycles. The number of nitrogens with two attached hydrogens (primary N) is 1. The van der Waals surface area contributed by atoms with Crippen LogP contribution in [0.25, 0.3) is 0 Å². The minimum Gasteiger partial charge on any atom is -0.371 e. The lowest BCUT2D eigenvalue weighted by atomic mass is 9.69. The van der Waals surface area contributed by atoms with Gasteiger partial charge in [-0.1, -0.05) is 26.0 Å². The highest BCUT2D eigenvalue weighted by atomic mass is 16.1. The van der Waals surface area contributed by atoms with E-state index in [0.29, 0.717) is 5.92 Å². The largest absolute Gasteiger partial charge is 0.371 e. The fourth-order valence-electron chi connectivity index (χ4n) is 3.24. The van der Waals surface area contributed by atoms with Gasteiger partial charge in [-0.15, -0.1) is 0 Å². The van der Waals surface area contributed by atoms with Crippen molar-refractivity contribution in [3.05, 3.63) is 29.8 Å². The van der Waals surface area contributed by atoms with E-state index in [0.717, 1.165) is 24.9 Å². The molecule has 3 heteroatoms. The Kier molecular flexibility index (Phi) is 3.83. The molecule has 3 nitrogen and oxygen atoms in total. The first-order valence-electron chi connectivity index (χ1n) is 7.09. The van der Waals surface area contributed by atoms with Gasteiger partial charge in [0.2, 0.25) is 5.91 Å². The SMILES string of the molecule is Cc1cccc(NC2(C(N)=O)CCC(C)CC2C)c1. The van der Waals surface area contributed by atoms with E-state index in [1.807, 2.05) is 12.1 Å². The smallest absolute Gasteiger partial charge is 0.243 e. The van der Waals surface area contributed by atoms with E-state index in [4.69, 9.17) is 5.73 Å². The highest BCUT2D eigenvalue weighted by molar-refractivity contribution is 5.88. The normalized spacial score (nSPS) is 30.9. The van der Waals surface area contributed by atoms with Crippen LogP contribution in [-0.4, -0.2) is 11.4 Å². The predicted octanol–water partition coefficient (Wildman–Crippen LogP) is 3.09. The number of carbonyl (C=O) groups excluding carboxylic acids is 1. The number of primary amides is 1. The molecule has 1 saturated carbocycles. The summed E-state index contributed by atoms with van der Waals surface area (Å²) < 4.78 is 0.